The third-order valence-electron chi connectivity index (χ3n) is 2.53. The fourth-order valence-electron chi connectivity index (χ4n) is 1.54. The Kier molecular flexibility index (Phi) is 4.24. The van der Waals surface area contributed by atoms with Gasteiger partial charge in [0.2, 0.25) is 10.0 Å². The lowest BCUT2D eigenvalue weighted by Crippen LogP contribution is -2.23. The first kappa shape index (κ1) is 14.0. The molecule has 0 aliphatic rings. The molecule has 100 valence electrons. The van der Waals surface area contributed by atoms with E-state index in [4.69, 9.17) is 0 Å². The lowest BCUT2D eigenvalue weighted by Gasteiger charge is -2.08. The zero-order chi connectivity index (χ0) is 13.9. The maximum absolute atomic E-state index is 12.0. The van der Waals surface area contributed by atoms with Gasteiger partial charge in [-0.2, -0.15) is 0 Å². The first-order valence-corrected chi connectivity index (χ1v) is 7.79. The number of nitrogens with one attached hydrogen (secondary N) is 1. The van der Waals surface area contributed by atoms with Crippen molar-refractivity contribution in [2.24, 2.45) is 0 Å². The molecule has 0 atom stereocenters. The van der Waals surface area contributed by atoms with Gasteiger partial charge in [-0.05, 0) is 29.8 Å². The van der Waals surface area contributed by atoms with Crippen molar-refractivity contribution in [1.29, 1.82) is 0 Å². The molecule has 19 heavy (non-hydrogen) atoms. The van der Waals surface area contributed by atoms with E-state index in [9.17, 15) is 13.5 Å². The van der Waals surface area contributed by atoms with Crippen molar-refractivity contribution in [3.63, 3.8) is 0 Å². The van der Waals surface area contributed by atoms with Crippen molar-refractivity contribution in [2.45, 2.75) is 11.4 Å². The summed E-state index contributed by atoms with van der Waals surface area (Å²) in [4.78, 5) is -0.118. The summed E-state index contributed by atoms with van der Waals surface area (Å²) in [5, 5.41) is 9.55. The molecule has 0 aliphatic heterocycles. The minimum atomic E-state index is -3.71. The van der Waals surface area contributed by atoms with Gasteiger partial charge in [0, 0.05) is 11.0 Å². The third-order valence-corrected chi connectivity index (χ3v) is 4.51. The number of sulfonamides is 1. The number of para-hydroxylation sites is 1. The fourth-order valence-corrected chi connectivity index (χ4v) is 2.92. The van der Waals surface area contributed by atoms with Gasteiger partial charge in [0.25, 0.3) is 0 Å². The van der Waals surface area contributed by atoms with E-state index in [1.165, 1.54) is 12.1 Å². The average molecular weight is 342 g/mol. The Morgan fingerprint density at radius 1 is 1.05 bits per heavy atom. The van der Waals surface area contributed by atoms with Crippen molar-refractivity contribution in [3.8, 4) is 5.75 Å². The summed E-state index contributed by atoms with van der Waals surface area (Å²) in [7, 11) is -3.71. The molecule has 0 radical (unpaired) electrons. The van der Waals surface area contributed by atoms with E-state index >= 15 is 0 Å². The Morgan fingerprint density at radius 3 is 2.32 bits per heavy atom. The molecule has 0 aliphatic carbocycles. The van der Waals surface area contributed by atoms with Crippen LogP contribution in [0.4, 0.5) is 0 Å². The first-order valence-electron chi connectivity index (χ1n) is 5.51. The molecule has 0 spiro atoms. The molecule has 0 unspecified atom stereocenters. The summed E-state index contributed by atoms with van der Waals surface area (Å²) in [5.41, 5.74) is 0.835. The highest BCUT2D eigenvalue weighted by molar-refractivity contribution is 9.10. The highest BCUT2D eigenvalue weighted by Gasteiger charge is 2.17. The molecule has 0 saturated carbocycles. The number of phenols is 1. The molecule has 2 aromatic rings. The van der Waals surface area contributed by atoms with Crippen LogP contribution in [-0.2, 0) is 16.6 Å². The molecule has 2 N–H and O–H groups in total. The fraction of sp³-hybridized carbons (Fsp3) is 0.0769. The smallest absolute Gasteiger partial charge is 0.244 e. The lowest BCUT2D eigenvalue weighted by atomic mass is 10.2. The van der Waals surface area contributed by atoms with Crippen molar-refractivity contribution in [3.05, 3.63) is 58.6 Å². The van der Waals surface area contributed by atoms with Gasteiger partial charge in [-0.15, -0.1) is 0 Å². The molecule has 0 heterocycles. The number of hydrogen-bond acceptors (Lipinski definition) is 3. The highest BCUT2D eigenvalue weighted by Crippen LogP contribution is 2.21. The number of halogens is 1. The van der Waals surface area contributed by atoms with Gasteiger partial charge < -0.3 is 5.11 Å². The predicted molar refractivity (Wildman–Crippen MR) is 76.3 cm³/mol. The van der Waals surface area contributed by atoms with E-state index in [0.717, 1.165) is 10.0 Å². The van der Waals surface area contributed by atoms with E-state index in [1.807, 2.05) is 24.3 Å². The molecule has 4 nitrogen and oxygen atoms in total. The van der Waals surface area contributed by atoms with E-state index in [-0.39, 0.29) is 17.2 Å². The molecule has 0 saturated heterocycles. The second kappa shape index (κ2) is 5.73. The quantitative estimate of drug-likeness (QED) is 0.898. The molecule has 2 rings (SSSR count). The zero-order valence-electron chi connectivity index (χ0n) is 9.88. The molecular formula is C13H12BrNO3S. The monoisotopic (exact) mass is 341 g/mol. The van der Waals surface area contributed by atoms with Gasteiger partial charge >= 0.3 is 0 Å². The van der Waals surface area contributed by atoms with E-state index < -0.39 is 10.0 Å². The Balaban J connectivity index is 2.14. The largest absolute Gasteiger partial charge is 0.507 e. The summed E-state index contributed by atoms with van der Waals surface area (Å²) in [6.45, 7) is 0.171. The standard InChI is InChI=1S/C13H12BrNO3S/c14-11-7-5-10(6-8-11)9-15-19(17,18)13-4-2-1-3-12(13)16/h1-8,15-16H,9H2. The minimum absolute atomic E-state index is 0.118. The van der Waals surface area contributed by atoms with E-state index in [0.29, 0.717) is 0 Å². The van der Waals surface area contributed by atoms with E-state index in [1.54, 1.807) is 12.1 Å². The maximum Gasteiger partial charge on any atom is 0.244 e. The average Bonchev–Trinajstić information content (AvgIpc) is 2.38. The van der Waals surface area contributed by atoms with Crippen LogP contribution in [0.25, 0.3) is 0 Å². The normalized spacial score (nSPS) is 11.4. The van der Waals surface area contributed by atoms with Crippen molar-refractivity contribution in [1.82, 2.24) is 4.72 Å². The minimum Gasteiger partial charge on any atom is -0.507 e. The molecule has 6 heteroatoms. The summed E-state index contributed by atoms with van der Waals surface area (Å²) >= 11 is 3.31. The third kappa shape index (κ3) is 3.56. The molecule has 2 aromatic carbocycles. The number of benzene rings is 2. The number of rotatable bonds is 4. The van der Waals surface area contributed by atoms with Crippen LogP contribution in [0.1, 0.15) is 5.56 Å². The number of hydrogen-bond donors (Lipinski definition) is 2. The Morgan fingerprint density at radius 2 is 1.68 bits per heavy atom. The van der Waals surface area contributed by atoms with Crippen LogP contribution in [-0.4, -0.2) is 13.5 Å². The summed E-state index contributed by atoms with van der Waals surface area (Å²) < 4.78 is 27.4. The Labute approximate surface area is 120 Å². The van der Waals surface area contributed by atoms with Crippen LogP contribution < -0.4 is 4.72 Å². The van der Waals surface area contributed by atoms with Gasteiger partial charge in [-0.3, -0.25) is 0 Å². The Hall–Kier alpha value is -1.37. The predicted octanol–water partition coefficient (Wildman–Crippen LogP) is 2.63. The topological polar surface area (TPSA) is 66.4 Å². The van der Waals surface area contributed by atoms with E-state index in [2.05, 4.69) is 20.7 Å². The SMILES string of the molecule is O=S(=O)(NCc1ccc(Br)cc1)c1ccccc1O. The molecule has 0 fully saturated rings. The van der Waals surface area contributed by atoms with Crippen LogP contribution in [0.2, 0.25) is 0 Å². The van der Waals surface area contributed by atoms with Crippen LogP contribution in [0.15, 0.2) is 57.9 Å². The Bertz CT molecular complexity index is 669. The molecular weight excluding hydrogens is 330 g/mol. The first-order chi connectivity index (χ1) is 8.99. The summed E-state index contributed by atoms with van der Waals surface area (Å²) in [5.74, 6) is -0.259. The van der Waals surface area contributed by atoms with Crippen molar-refractivity contribution >= 4 is 26.0 Å². The van der Waals surface area contributed by atoms with Gasteiger partial charge in [0.05, 0.1) is 0 Å². The van der Waals surface area contributed by atoms with Crippen LogP contribution in [0, 0.1) is 0 Å². The van der Waals surface area contributed by atoms with Crippen LogP contribution >= 0.6 is 15.9 Å². The van der Waals surface area contributed by atoms with Crippen molar-refractivity contribution in [2.75, 3.05) is 0 Å². The van der Waals surface area contributed by atoms with Gasteiger partial charge in [-0.25, -0.2) is 13.1 Å². The number of phenolic OH excluding ortho intramolecular Hbond substituents is 1. The maximum atomic E-state index is 12.0. The summed E-state index contributed by atoms with van der Waals surface area (Å²) in [6, 6.07) is 13.1. The summed E-state index contributed by atoms with van der Waals surface area (Å²) in [6.07, 6.45) is 0. The lowest BCUT2D eigenvalue weighted by molar-refractivity contribution is 0.458. The second-order valence-corrected chi connectivity index (χ2v) is 6.57. The molecule has 0 amide bonds. The van der Waals surface area contributed by atoms with Crippen molar-refractivity contribution < 1.29 is 13.5 Å². The van der Waals surface area contributed by atoms with Gasteiger partial charge in [0.15, 0.2) is 0 Å². The van der Waals surface area contributed by atoms with Gasteiger partial charge in [0.1, 0.15) is 10.6 Å². The number of aromatic hydroxyl groups is 1. The second-order valence-electron chi connectivity index (χ2n) is 3.92. The molecule has 0 aromatic heterocycles. The van der Waals surface area contributed by atoms with Crippen LogP contribution in [0.3, 0.4) is 0 Å². The molecule has 0 bridgehead atoms. The highest BCUT2D eigenvalue weighted by atomic mass is 79.9. The van der Waals surface area contributed by atoms with Gasteiger partial charge in [-0.1, -0.05) is 40.2 Å². The zero-order valence-corrected chi connectivity index (χ0v) is 12.3. The van der Waals surface area contributed by atoms with Crippen LogP contribution in [0.5, 0.6) is 5.75 Å².